The number of hydrogen-bond donors (Lipinski definition) is 3. The SMILES string of the molecule is NC(=NO)C(CNc1ccccc1)c1ccccc1. The number of nitrogens with one attached hydrogen (secondary N) is 1. The van der Waals surface area contributed by atoms with Crippen LogP contribution < -0.4 is 11.1 Å². The Labute approximate surface area is 112 Å². The van der Waals surface area contributed by atoms with Gasteiger partial charge in [0.05, 0.1) is 5.92 Å². The van der Waals surface area contributed by atoms with E-state index in [1.165, 1.54) is 0 Å². The molecule has 19 heavy (non-hydrogen) atoms. The molecule has 0 aliphatic heterocycles. The zero-order valence-corrected chi connectivity index (χ0v) is 10.5. The number of anilines is 1. The first kappa shape index (κ1) is 13.0. The Morgan fingerprint density at radius 1 is 1.05 bits per heavy atom. The van der Waals surface area contributed by atoms with Gasteiger partial charge in [-0.2, -0.15) is 0 Å². The number of nitrogens with two attached hydrogens (primary N) is 1. The third-order valence-electron chi connectivity index (χ3n) is 2.96. The minimum atomic E-state index is -0.161. The minimum absolute atomic E-state index is 0.161. The molecule has 4 nitrogen and oxygen atoms in total. The second-order valence-corrected chi connectivity index (χ2v) is 4.24. The lowest BCUT2D eigenvalue weighted by Crippen LogP contribution is -2.27. The van der Waals surface area contributed by atoms with Gasteiger partial charge in [0, 0.05) is 12.2 Å². The van der Waals surface area contributed by atoms with Gasteiger partial charge in [-0.1, -0.05) is 53.7 Å². The number of para-hydroxylation sites is 1. The molecule has 0 bridgehead atoms. The van der Waals surface area contributed by atoms with E-state index in [1.807, 2.05) is 60.7 Å². The summed E-state index contributed by atoms with van der Waals surface area (Å²) in [6.07, 6.45) is 0. The van der Waals surface area contributed by atoms with E-state index in [0.717, 1.165) is 11.3 Å². The number of nitrogens with zero attached hydrogens (tertiary/aromatic N) is 1. The first-order chi connectivity index (χ1) is 9.31. The van der Waals surface area contributed by atoms with Crippen molar-refractivity contribution in [2.45, 2.75) is 5.92 Å². The summed E-state index contributed by atoms with van der Waals surface area (Å²) in [5.74, 6) is 0.0426. The predicted octanol–water partition coefficient (Wildman–Crippen LogP) is 2.63. The Balaban J connectivity index is 2.12. The molecule has 0 aliphatic carbocycles. The fourth-order valence-corrected chi connectivity index (χ4v) is 1.92. The molecular formula is C15H17N3O. The topological polar surface area (TPSA) is 70.6 Å². The Morgan fingerprint density at radius 3 is 2.21 bits per heavy atom. The molecule has 1 atom stereocenters. The lowest BCUT2D eigenvalue weighted by molar-refractivity contribution is 0.316. The van der Waals surface area contributed by atoms with Crippen LogP contribution in [-0.4, -0.2) is 17.6 Å². The second-order valence-electron chi connectivity index (χ2n) is 4.24. The lowest BCUT2D eigenvalue weighted by Gasteiger charge is -2.17. The third-order valence-corrected chi connectivity index (χ3v) is 2.96. The van der Waals surface area contributed by atoms with Crippen LogP contribution >= 0.6 is 0 Å². The molecule has 0 fully saturated rings. The smallest absolute Gasteiger partial charge is 0.148 e. The third kappa shape index (κ3) is 3.48. The second kappa shape index (κ2) is 6.44. The van der Waals surface area contributed by atoms with Gasteiger partial charge in [0.25, 0.3) is 0 Å². The van der Waals surface area contributed by atoms with Crippen molar-refractivity contribution >= 4 is 11.5 Å². The maximum absolute atomic E-state index is 8.90. The molecule has 0 spiro atoms. The van der Waals surface area contributed by atoms with Gasteiger partial charge in [0.15, 0.2) is 0 Å². The van der Waals surface area contributed by atoms with Gasteiger partial charge < -0.3 is 16.3 Å². The molecule has 98 valence electrons. The Bertz CT molecular complexity index is 526. The quantitative estimate of drug-likeness (QED) is 0.333. The summed E-state index contributed by atoms with van der Waals surface area (Å²) in [7, 11) is 0. The van der Waals surface area contributed by atoms with Crippen molar-refractivity contribution < 1.29 is 5.21 Å². The first-order valence-electron chi connectivity index (χ1n) is 6.12. The Hall–Kier alpha value is -2.49. The summed E-state index contributed by atoms with van der Waals surface area (Å²) >= 11 is 0. The Kier molecular flexibility index (Phi) is 4.39. The number of oxime groups is 1. The van der Waals surface area contributed by atoms with Crippen LogP contribution in [0.2, 0.25) is 0 Å². The first-order valence-corrected chi connectivity index (χ1v) is 6.12. The summed E-state index contributed by atoms with van der Waals surface area (Å²) in [5.41, 5.74) is 7.80. The standard InChI is InChI=1S/C15H17N3O/c16-15(18-19)14(12-7-3-1-4-8-12)11-17-13-9-5-2-6-10-13/h1-10,14,17,19H,11H2,(H2,16,18). The lowest BCUT2D eigenvalue weighted by atomic mass is 9.98. The molecule has 0 saturated heterocycles. The Morgan fingerprint density at radius 2 is 1.63 bits per heavy atom. The van der Waals surface area contributed by atoms with Crippen LogP contribution in [0.4, 0.5) is 5.69 Å². The molecule has 0 radical (unpaired) electrons. The number of amidine groups is 1. The molecule has 0 aliphatic rings. The van der Waals surface area contributed by atoms with E-state index < -0.39 is 0 Å². The van der Waals surface area contributed by atoms with Crippen LogP contribution in [0, 0.1) is 0 Å². The van der Waals surface area contributed by atoms with E-state index in [1.54, 1.807) is 0 Å². The monoisotopic (exact) mass is 255 g/mol. The maximum atomic E-state index is 8.90. The van der Waals surface area contributed by atoms with Gasteiger partial charge in [-0.15, -0.1) is 0 Å². The number of rotatable bonds is 5. The van der Waals surface area contributed by atoms with Crippen LogP contribution in [0.1, 0.15) is 11.5 Å². The van der Waals surface area contributed by atoms with E-state index in [4.69, 9.17) is 10.9 Å². The molecule has 0 saturated carbocycles. The molecule has 0 aromatic heterocycles. The van der Waals surface area contributed by atoms with Crippen molar-refractivity contribution in [3.05, 3.63) is 66.2 Å². The van der Waals surface area contributed by atoms with Crippen LogP contribution in [0.3, 0.4) is 0 Å². The zero-order valence-electron chi connectivity index (χ0n) is 10.5. The molecule has 4 heteroatoms. The highest BCUT2D eigenvalue weighted by Gasteiger charge is 2.16. The fourth-order valence-electron chi connectivity index (χ4n) is 1.92. The molecule has 1 unspecified atom stereocenters. The van der Waals surface area contributed by atoms with Crippen LogP contribution in [0.15, 0.2) is 65.8 Å². The molecule has 0 amide bonds. The average molecular weight is 255 g/mol. The van der Waals surface area contributed by atoms with Crippen LogP contribution in [0.5, 0.6) is 0 Å². The van der Waals surface area contributed by atoms with Crippen molar-refractivity contribution in [2.75, 3.05) is 11.9 Å². The van der Waals surface area contributed by atoms with Crippen molar-refractivity contribution in [2.24, 2.45) is 10.9 Å². The zero-order chi connectivity index (χ0) is 13.5. The predicted molar refractivity (Wildman–Crippen MR) is 77.5 cm³/mol. The molecule has 2 aromatic rings. The van der Waals surface area contributed by atoms with E-state index in [0.29, 0.717) is 6.54 Å². The van der Waals surface area contributed by atoms with E-state index in [-0.39, 0.29) is 11.8 Å². The van der Waals surface area contributed by atoms with Crippen LogP contribution in [0.25, 0.3) is 0 Å². The molecule has 2 rings (SSSR count). The summed E-state index contributed by atoms with van der Waals surface area (Å²) in [4.78, 5) is 0. The van der Waals surface area contributed by atoms with E-state index >= 15 is 0 Å². The fraction of sp³-hybridized carbons (Fsp3) is 0.133. The molecule has 2 aromatic carbocycles. The number of hydrogen-bond acceptors (Lipinski definition) is 3. The van der Waals surface area contributed by atoms with Gasteiger partial charge in [0.2, 0.25) is 0 Å². The largest absolute Gasteiger partial charge is 0.409 e. The summed E-state index contributed by atoms with van der Waals surface area (Å²) < 4.78 is 0. The highest BCUT2D eigenvalue weighted by atomic mass is 16.4. The normalized spacial score (nSPS) is 12.9. The number of benzene rings is 2. The van der Waals surface area contributed by atoms with Crippen LogP contribution in [-0.2, 0) is 0 Å². The van der Waals surface area contributed by atoms with Crippen molar-refractivity contribution in [3.63, 3.8) is 0 Å². The maximum Gasteiger partial charge on any atom is 0.148 e. The highest BCUT2D eigenvalue weighted by Crippen LogP contribution is 2.17. The average Bonchev–Trinajstić information content (AvgIpc) is 2.49. The van der Waals surface area contributed by atoms with Crippen molar-refractivity contribution in [1.82, 2.24) is 0 Å². The van der Waals surface area contributed by atoms with Gasteiger partial charge in [-0.25, -0.2) is 0 Å². The van der Waals surface area contributed by atoms with Gasteiger partial charge in [-0.3, -0.25) is 0 Å². The molecule has 4 N–H and O–H groups in total. The van der Waals surface area contributed by atoms with Crippen molar-refractivity contribution in [1.29, 1.82) is 0 Å². The van der Waals surface area contributed by atoms with E-state index in [2.05, 4.69) is 10.5 Å². The van der Waals surface area contributed by atoms with Gasteiger partial charge in [-0.05, 0) is 17.7 Å². The minimum Gasteiger partial charge on any atom is -0.409 e. The van der Waals surface area contributed by atoms with Crippen molar-refractivity contribution in [3.8, 4) is 0 Å². The van der Waals surface area contributed by atoms with E-state index in [9.17, 15) is 0 Å². The van der Waals surface area contributed by atoms with Gasteiger partial charge in [0.1, 0.15) is 5.84 Å². The summed E-state index contributed by atoms with van der Waals surface area (Å²) in [6, 6.07) is 19.6. The highest BCUT2D eigenvalue weighted by molar-refractivity contribution is 5.87. The summed E-state index contributed by atoms with van der Waals surface area (Å²) in [6.45, 7) is 0.573. The molecular weight excluding hydrogens is 238 g/mol. The molecule has 0 heterocycles. The van der Waals surface area contributed by atoms with Gasteiger partial charge >= 0.3 is 0 Å². The summed E-state index contributed by atoms with van der Waals surface area (Å²) in [5, 5.41) is 15.3.